The maximum atomic E-state index is 5.64. The lowest BCUT2D eigenvalue weighted by Gasteiger charge is -2.34. The zero-order valence-corrected chi connectivity index (χ0v) is 21.3. The van der Waals surface area contributed by atoms with Gasteiger partial charge in [0, 0.05) is 67.0 Å². The van der Waals surface area contributed by atoms with Gasteiger partial charge in [-0.3, -0.25) is 9.88 Å². The lowest BCUT2D eigenvalue weighted by atomic mass is 10.0. The molecule has 0 amide bonds. The minimum Gasteiger partial charge on any atom is -0.378 e. The van der Waals surface area contributed by atoms with Crippen molar-refractivity contribution in [2.75, 3.05) is 58.4 Å². The van der Waals surface area contributed by atoms with Crippen molar-refractivity contribution in [1.82, 2.24) is 24.8 Å². The van der Waals surface area contributed by atoms with Crippen molar-refractivity contribution < 1.29 is 4.74 Å². The van der Waals surface area contributed by atoms with Crippen LogP contribution in [0.1, 0.15) is 17.7 Å². The maximum Gasteiger partial charge on any atom is 0.162 e. The van der Waals surface area contributed by atoms with Crippen LogP contribution in [0.4, 0.5) is 5.82 Å². The van der Waals surface area contributed by atoms with Gasteiger partial charge in [-0.25, -0.2) is 9.97 Å². The van der Waals surface area contributed by atoms with Crippen molar-refractivity contribution >= 4 is 38.1 Å². The summed E-state index contributed by atoms with van der Waals surface area (Å²) >= 11 is 1.85. The Morgan fingerprint density at radius 1 is 1.06 bits per heavy atom. The van der Waals surface area contributed by atoms with E-state index in [9.17, 15) is 0 Å². The minimum atomic E-state index is 0.699. The fourth-order valence-electron chi connectivity index (χ4n) is 5.27. The van der Waals surface area contributed by atoms with Crippen LogP contribution < -0.4 is 4.90 Å². The standard InChI is InChI=1S/C27H32N6OS/c1-31(2)20-7-10-32(11-8-20)18-21-16-24-25(35-21)27(33-12-14-34-15-13-33)30-26(29-24)22-5-3-4-19-6-9-28-17-23(19)22/h3-6,9,16-17,20H,7-8,10-15,18H2,1-2H3. The van der Waals surface area contributed by atoms with Gasteiger partial charge < -0.3 is 14.5 Å². The summed E-state index contributed by atoms with van der Waals surface area (Å²) in [6, 6.07) is 11.3. The van der Waals surface area contributed by atoms with E-state index in [1.807, 2.05) is 29.8 Å². The molecule has 1 aromatic carbocycles. The molecule has 0 N–H and O–H groups in total. The van der Waals surface area contributed by atoms with Gasteiger partial charge in [0.15, 0.2) is 11.6 Å². The van der Waals surface area contributed by atoms with Crippen LogP contribution in [-0.2, 0) is 11.3 Å². The number of nitrogens with zero attached hydrogens (tertiary/aromatic N) is 6. The first-order valence-electron chi connectivity index (χ1n) is 12.5. The van der Waals surface area contributed by atoms with Crippen molar-refractivity contribution in [3.63, 3.8) is 0 Å². The molecular formula is C27H32N6OS. The summed E-state index contributed by atoms with van der Waals surface area (Å²) in [5.41, 5.74) is 2.08. The number of piperidine rings is 1. The van der Waals surface area contributed by atoms with E-state index in [0.717, 1.165) is 79.4 Å². The summed E-state index contributed by atoms with van der Waals surface area (Å²) in [5.74, 6) is 1.81. The molecule has 2 fully saturated rings. The van der Waals surface area contributed by atoms with Gasteiger partial charge in [-0.1, -0.05) is 18.2 Å². The normalized spacial score (nSPS) is 18.2. The molecule has 4 aromatic rings. The van der Waals surface area contributed by atoms with Gasteiger partial charge in [-0.15, -0.1) is 11.3 Å². The van der Waals surface area contributed by atoms with Gasteiger partial charge in [-0.05, 0) is 44.5 Å². The van der Waals surface area contributed by atoms with Crippen molar-refractivity contribution in [3.8, 4) is 11.4 Å². The molecule has 0 radical (unpaired) electrons. The zero-order chi connectivity index (χ0) is 23.8. The first-order chi connectivity index (χ1) is 17.2. The van der Waals surface area contributed by atoms with Crippen molar-refractivity contribution in [2.24, 2.45) is 0 Å². The number of likely N-dealkylation sites (tertiary alicyclic amines) is 1. The van der Waals surface area contributed by atoms with Crippen LogP contribution in [0.15, 0.2) is 42.7 Å². The van der Waals surface area contributed by atoms with Gasteiger partial charge in [0.2, 0.25) is 0 Å². The Labute approximate surface area is 210 Å². The van der Waals surface area contributed by atoms with E-state index < -0.39 is 0 Å². The second kappa shape index (κ2) is 9.78. The smallest absolute Gasteiger partial charge is 0.162 e. The van der Waals surface area contributed by atoms with Crippen LogP contribution in [0.25, 0.3) is 32.4 Å². The number of pyridine rings is 1. The number of benzene rings is 1. The maximum absolute atomic E-state index is 5.64. The lowest BCUT2D eigenvalue weighted by Crippen LogP contribution is -2.41. The fourth-order valence-corrected chi connectivity index (χ4v) is 6.43. The Balaban J connectivity index is 1.38. The van der Waals surface area contributed by atoms with Crippen LogP contribution in [0.5, 0.6) is 0 Å². The van der Waals surface area contributed by atoms with Gasteiger partial charge in [0.1, 0.15) is 0 Å². The molecule has 35 heavy (non-hydrogen) atoms. The predicted octanol–water partition coefficient (Wildman–Crippen LogP) is 4.27. The first-order valence-corrected chi connectivity index (χ1v) is 13.3. The molecule has 5 heterocycles. The summed E-state index contributed by atoms with van der Waals surface area (Å²) in [6.07, 6.45) is 6.22. The molecule has 0 aliphatic carbocycles. The molecular weight excluding hydrogens is 456 g/mol. The first kappa shape index (κ1) is 22.8. The highest BCUT2D eigenvalue weighted by atomic mass is 32.1. The molecule has 2 aliphatic rings. The summed E-state index contributed by atoms with van der Waals surface area (Å²) in [7, 11) is 4.39. The highest BCUT2D eigenvalue weighted by molar-refractivity contribution is 7.19. The number of thiophene rings is 1. The van der Waals surface area contributed by atoms with Crippen molar-refractivity contribution in [3.05, 3.63) is 47.6 Å². The third-order valence-corrected chi connectivity index (χ3v) is 8.41. The van der Waals surface area contributed by atoms with E-state index in [2.05, 4.69) is 58.0 Å². The molecule has 6 rings (SSSR count). The molecule has 0 atom stereocenters. The third kappa shape index (κ3) is 4.63. The molecule has 8 heteroatoms. The number of anilines is 1. The minimum absolute atomic E-state index is 0.699. The molecule has 2 aliphatic heterocycles. The van der Waals surface area contributed by atoms with Crippen LogP contribution in [-0.4, -0.2) is 84.3 Å². The third-order valence-electron chi connectivity index (χ3n) is 7.31. The van der Waals surface area contributed by atoms with Gasteiger partial charge in [-0.2, -0.15) is 0 Å². The Hall–Kier alpha value is -2.65. The largest absolute Gasteiger partial charge is 0.378 e. The quantitative estimate of drug-likeness (QED) is 0.416. The Kier molecular flexibility index (Phi) is 6.37. The number of morpholine rings is 1. The number of aromatic nitrogens is 3. The number of fused-ring (bicyclic) bond motifs is 2. The highest BCUT2D eigenvalue weighted by Crippen LogP contribution is 2.36. The van der Waals surface area contributed by atoms with E-state index >= 15 is 0 Å². The predicted molar refractivity (Wildman–Crippen MR) is 143 cm³/mol. The molecule has 7 nitrogen and oxygen atoms in total. The van der Waals surface area contributed by atoms with Gasteiger partial charge >= 0.3 is 0 Å². The Morgan fingerprint density at radius 2 is 1.89 bits per heavy atom. The van der Waals surface area contributed by atoms with Gasteiger partial charge in [0.25, 0.3) is 0 Å². The zero-order valence-electron chi connectivity index (χ0n) is 20.5. The summed E-state index contributed by atoms with van der Waals surface area (Å²) < 4.78 is 6.82. The van der Waals surface area contributed by atoms with Crippen LogP contribution in [0.2, 0.25) is 0 Å². The molecule has 182 valence electrons. The topological polar surface area (TPSA) is 57.6 Å². The highest BCUT2D eigenvalue weighted by Gasteiger charge is 2.24. The summed E-state index contributed by atoms with van der Waals surface area (Å²) in [4.78, 5) is 23.3. The van der Waals surface area contributed by atoms with E-state index in [1.54, 1.807) is 0 Å². The number of ether oxygens (including phenoxy) is 1. The summed E-state index contributed by atoms with van der Waals surface area (Å²) in [6.45, 7) is 6.45. The molecule has 2 saturated heterocycles. The molecule has 0 spiro atoms. The van der Waals surface area contributed by atoms with Crippen LogP contribution in [0.3, 0.4) is 0 Å². The average molecular weight is 489 g/mol. The van der Waals surface area contributed by atoms with Crippen molar-refractivity contribution in [1.29, 1.82) is 0 Å². The average Bonchev–Trinajstić information content (AvgIpc) is 3.31. The monoisotopic (exact) mass is 488 g/mol. The van der Waals surface area contributed by atoms with E-state index in [1.165, 1.54) is 22.4 Å². The Morgan fingerprint density at radius 3 is 2.69 bits per heavy atom. The summed E-state index contributed by atoms with van der Waals surface area (Å²) in [5, 5.41) is 2.24. The van der Waals surface area contributed by atoms with Crippen LogP contribution >= 0.6 is 11.3 Å². The molecule has 3 aromatic heterocycles. The van der Waals surface area contributed by atoms with E-state index in [0.29, 0.717) is 6.04 Å². The number of hydrogen-bond donors (Lipinski definition) is 0. The van der Waals surface area contributed by atoms with E-state index in [4.69, 9.17) is 14.7 Å². The Bertz CT molecular complexity index is 1320. The molecule has 0 saturated carbocycles. The fraction of sp³-hybridized carbons (Fsp3) is 0.444. The lowest BCUT2D eigenvalue weighted by molar-refractivity contribution is 0.122. The number of hydrogen-bond acceptors (Lipinski definition) is 8. The molecule has 0 unspecified atom stereocenters. The van der Waals surface area contributed by atoms with Gasteiger partial charge in [0.05, 0.1) is 23.4 Å². The second-order valence-corrected chi connectivity index (χ2v) is 10.9. The SMILES string of the molecule is CN(C)C1CCN(Cc2cc3nc(-c4cccc5ccncc45)nc(N4CCOCC4)c3s2)CC1. The van der Waals surface area contributed by atoms with E-state index in [-0.39, 0.29) is 0 Å². The second-order valence-electron chi connectivity index (χ2n) is 9.77. The number of rotatable bonds is 5. The van der Waals surface area contributed by atoms with Crippen LogP contribution in [0, 0.1) is 0 Å². The molecule has 0 bridgehead atoms. The van der Waals surface area contributed by atoms with Crippen molar-refractivity contribution in [2.45, 2.75) is 25.4 Å².